The summed E-state index contributed by atoms with van der Waals surface area (Å²) in [6.07, 6.45) is 1.36. The molecule has 2 aromatic carbocycles. The van der Waals surface area contributed by atoms with Crippen LogP contribution in [0, 0.1) is 0 Å². The molecule has 11 heteroatoms. The molecular formula is C19H19N5O4S2. The highest BCUT2D eigenvalue weighted by molar-refractivity contribution is 7.89. The van der Waals surface area contributed by atoms with E-state index in [0.717, 1.165) is 22.1 Å². The van der Waals surface area contributed by atoms with Crippen molar-refractivity contribution in [2.45, 2.75) is 4.90 Å². The zero-order chi connectivity index (χ0) is 21.3. The molecule has 2 heterocycles. The number of amides is 3. The van der Waals surface area contributed by atoms with Gasteiger partial charge in [-0.2, -0.15) is 4.31 Å². The Labute approximate surface area is 177 Å². The number of carbonyl (C=O) groups is 2. The summed E-state index contributed by atoms with van der Waals surface area (Å²) in [6.45, 7) is 0.885. The Kier molecular flexibility index (Phi) is 5.41. The predicted octanol–water partition coefficient (Wildman–Crippen LogP) is 1.93. The molecule has 1 fully saturated rings. The van der Waals surface area contributed by atoms with E-state index in [1.807, 2.05) is 24.3 Å². The minimum absolute atomic E-state index is 0.108. The summed E-state index contributed by atoms with van der Waals surface area (Å²) in [7, 11) is -3.65. The number of anilines is 1. The van der Waals surface area contributed by atoms with Crippen molar-refractivity contribution in [3.05, 3.63) is 53.7 Å². The second-order valence-electron chi connectivity index (χ2n) is 6.72. The molecule has 1 aliphatic rings. The molecule has 1 aliphatic heterocycles. The molecule has 1 aromatic heterocycles. The number of carbonyl (C=O) groups excluding carboxylic acids is 2. The van der Waals surface area contributed by atoms with E-state index in [9.17, 15) is 18.0 Å². The molecule has 0 radical (unpaired) electrons. The molecule has 4 rings (SSSR count). The maximum absolute atomic E-state index is 13.0. The van der Waals surface area contributed by atoms with Crippen molar-refractivity contribution in [3.8, 4) is 0 Å². The number of hydrogen-bond donors (Lipinski definition) is 2. The Balaban J connectivity index is 1.41. The normalized spacial score (nSPS) is 15.3. The molecule has 0 bridgehead atoms. The Morgan fingerprint density at radius 1 is 1.03 bits per heavy atom. The number of nitrogens with zero attached hydrogens (tertiary/aromatic N) is 3. The SMILES string of the molecule is NC(=O)c1ncc(NC(=O)N2CCN(S(=O)(=O)c3ccc4ccccc4c3)CC2)s1. The summed E-state index contributed by atoms with van der Waals surface area (Å²) in [5, 5.41) is 5.00. The Hall–Kier alpha value is -3.02. The summed E-state index contributed by atoms with van der Waals surface area (Å²) in [5.74, 6) is -0.659. The minimum Gasteiger partial charge on any atom is -0.364 e. The van der Waals surface area contributed by atoms with Gasteiger partial charge in [0, 0.05) is 26.2 Å². The molecule has 30 heavy (non-hydrogen) atoms. The third-order valence-electron chi connectivity index (χ3n) is 4.83. The number of benzene rings is 2. The summed E-state index contributed by atoms with van der Waals surface area (Å²) in [4.78, 5) is 29.1. The molecule has 1 saturated heterocycles. The van der Waals surface area contributed by atoms with Crippen molar-refractivity contribution in [2.24, 2.45) is 5.73 Å². The first-order valence-electron chi connectivity index (χ1n) is 9.15. The van der Waals surface area contributed by atoms with Gasteiger partial charge in [-0.1, -0.05) is 41.7 Å². The van der Waals surface area contributed by atoms with Crippen molar-refractivity contribution in [1.29, 1.82) is 0 Å². The summed E-state index contributed by atoms with van der Waals surface area (Å²) < 4.78 is 27.4. The van der Waals surface area contributed by atoms with Crippen LogP contribution in [0.4, 0.5) is 9.80 Å². The number of hydrogen-bond acceptors (Lipinski definition) is 6. The fraction of sp³-hybridized carbons (Fsp3) is 0.211. The smallest absolute Gasteiger partial charge is 0.322 e. The third-order valence-corrected chi connectivity index (χ3v) is 7.65. The molecule has 3 aromatic rings. The van der Waals surface area contributed by atoms with Crippen LogP contribution in [0.1, 0.15) is 9.80 Å². The van der Waals surface area contributed by atoms with Gasteiger partial charge in [-0.15, -0.1) is 0 Å². The van der Waals surface area contributed by atoms with Crippen LogP contribution >= 0.6 is 11.3 Å². The number of fused-ring (bicyclic) bond motifs is 1. The lowest BCUT2D eigenvalue weighted by molar-refractivity contribution is 0.1000. The number of urea groups is 1. The lowest BCUT2D eigenvalue weighted by Gasteiger charge is -2.33. The van der Waals surface area contributed by atoms with Crippen LogP contribution in [-0.4, -0.2) is 60.7 Å². The van der Waals surface area contributed by atoms with Crippen molar-refractivity contribution in [1.82, 2.24) is 14.2 Å². The minimum atomic E-state index is -3.65. The summed E-state index contributed by atoms with van der Waals surface area (Å²) in [5.41, 5.74) is 5.16. The van der Waals surface area contributed by atoms with E-state index in [-0.39, 0.29) is 42.1 Å². The summed E-state index contributed by atoms with van der Waals surface area (Å²) >= 11 is 0.986. The number of aromatic nitrogens is 1. The number of piperazine rings is 1. The second-order valence-corrected chi connectivity index (χ2v) is 9.69. The van der Waals surface area contributed by atoms with Crippen LogP contribution in [0.15, 0.2) is 53.6 Å². The molecule has 0 aliphatic carbocycles. The average Bonchev–Trinajstić information content (AvgIpc) is 3.22. The number of primary amides is 1. The zero-order valence-electron chi connectivity index (χ0n) is 15.8. The van der Waals surface area contributed by atoms with Gasteiger partial charge in [-0.05, 0) is 22.9 Å². The number of nitrogens with two attached hydrogens (primary N) is 1. The number of sulfonamides is 1. The van der Waals surface area contributed by atoms with Gasteiger partial charge in [0.1, 0.15) is 5.00 Å². The van der Waals surface area contributed by atoms with Gasteiger partial charge in [0.15, 0.2) is 5.01 Å². The lowest BCUT2D eigenvalue weighted by atomic mass is 10.1. The molecule has 0 spiro atoms. The topological polar surface area (TPSA) is 126 Å². The standard InChI is InChI=1S/C19H19N5O4S2/c20-17(25)18-21-12-16(29-18)22-19(26)23-7-9-24(10-8-23)30(27,28)15-6-5-13-3-1-2-4-14(13)11-15/h1-6,11-12H,7-10H2,(H2,20,25)(H,22,26). The van der Waals surface area contributed by atoms with E-state index in [2.05, 4.69) is 10.3 Å². The van der Waals surface area contributed by atoms with E-state index >= 15 is 0 Å². The predicted molar refractivity (Wildman–Crippen MR) is 114 cm³/mol. The van der Waals surface area contributed by atoms with Crippen LogP contribution in [-0.2, 0) is 10.0 Å². The van der Waals surface area contributed by atoms with E-state index in [1.165, 1.54) is 15.4 Å². The fourth-order valence-corrected chi connectivity index (χ4v) is 5.35. The Morgan fingerprint density at radius 2 is 1.73 bits per heavy atom. The van der Waals surface area contributed by atoms with Crippen LogP contribution in [0.3, 0.4) is 0 Å². The van der Waals surface area contributed by atoms with Gasteiger partial charge >= 0.3 is 6.03 Å². The molecule has 0 unspecified atom stereocenters. The molecule has 3 amide bonds. The number of rotatable bonds is 4. The van der Waals surface area contributed by atoms with Crippen LogP contribution in [0.2, 0.25) is 0 Å². The molecule has 0 atom stereocenters. The molecule has 156 valence electrons. The van der Waals surface area contributed by atoms with Crippen molar-refractivity contribution >= 4 is 49.1 Å². The van der Waals surface area contributed by atoms with E-state index in [0.29, 0.717) is 5.00 Å². The second kappa shape index (κ2) is 8.01. The zero-order valence-corrected chi connectivity index (χ0v) is 17.4. The fourth-order valence-electron chi connectivity index (χ4n) is 3.24. The van der Waals surface area contributed by atoms with Crippen molar-refractivity contribution in [3.63, 3.8) is 0 Å². The number of nitrogens with one attached hydrogen (secondary N) is 1. The van der Waals surface area contributed by atoms with Gasteiger partial charge in [-0.3, -0.25) is 10.1 Å². The lowest BCUT2D eigenvalue weighted by Crippen LogP contribution is -2.51. The molecular weight excluding hydrogens is 426 g/mol. The highest BCUT2D eigenvalue weighted by Gasteiger charge is 2.30. The Bertz CT molecular complexity index is 1220. The highest BCUT2D eigenvalue weighted by Crippen LogP contribution is 2.23. The van der Waals surface area contributed by atoms with Crippen molar-refractivity contribution < 1.29 is 18.0 Å². The first-order chi connectivity index (χ1) is 14.3. The first kappa shape index (κ1) is 20.3. The molecule has 9 nitrogen and oxygen atoms in total. The van der Waals surface area contributed by atoms with Gasteiger partial charge in [-0.25, -0.2) is 18.2 Å². The molecule has 0 saturated carbocycles. The average molecular weight is 446 g/mol. The van der Waals surface area contributed by atoms with Crippen molar-refractivity contribution in [2.75, 3.05) is 31.5 Å². The van der Waals surface area contributed by atoms with E-state index < -0.39 is 15.9 Å². The Morgan fingerprint density at radius 3 is 2.40 bits per heavy atom. The van der Waals surface area contributed by atoms with Crippen LogP contribution in [0.25, 0.3) is 10.8 Å². The largest absolute Gasteiger partial charge is 0.364 e. The van der Waals surface area contributed by atoms with E-state index in [1.54, 1.807) is 18.2 Å². The monoisotopic (exact) mass is 445 g/mol. The molecule has 3 N–H and O–H groups in total. The third kappa shape index (κ3) is 3.99. The van der Waals surface area contributed by atoms with Gasteiger partial charge in [0.2, 0.25) is 10.0 Å². The maximum Gasteiger partial charge on any atom is 0.322 e. The van der Waals surface area contributed by atoms with E-state index in [4.69, 9.17) is 5.73 Å². The van der Waals surface area contributed by atoms with Crippen LogP contribution in [0.5, 0.6) is 0 Å². The maximum atomic E-state index is 13.0. The summed E-state index contributed by atoms with van der Waals surface area (Å²) in [6, 6.07) is 12.3. The van der Waals surface area contributed by atoms with Gasteiger partial charge < -0.3 is 10.6 Å². The first-order valence-corrected chi connectivity index (χ1v) is 11.4. The van der Waals surface area contributed by atoms with Gasteiger partial charge in [0.25, 0.3) is 5.91 Å². The number of thiazole rings is 1. The van der Waals surface area contributed by atoms with Gasteiger partial charge in [0.05, 0.1) is 11.1 Å². The quantitative estimate of drug-likeness (QED) is 0.635. The van der Waals surface area contributed by atoms with Crippen LogP contribution < -0.4 is 11.1 Å². The highest BCUT2D eigenvalue weighted by atomic mass is 32.2.